The Morgan fingerprint density at radius 3 is 2.53 bits per heavy atom. The van der Waals surface area contributed by atoms with Crippen LogP contribution in [-0.2, 0) is 13.0 Å². The van der Waals surface area contributed by atoms with Crippen LogP contribution in [0.4, 0.5) is 0 Å². The Hall–Kier alpha value is -3.51. The number of fused-ring (bicyclic) bond motifs is 1. The van der Waals surface area contributed by atoms with E-state index in [1.165, 1.54) is 0 Å². The minimum atomic E-state index is -0.179. The van der Waals surface area contributed by atoms with E-state index in [1.807, 2.05) is 48.5 Å². The highest BCUT2D eigenvalue weighted by atomic mass is 35.5. The highest BCUT2D eigenvalue weighted by Gasteiger charge is 2.13. The Kier molecular flexibility index (Phi) is 8.04. The highest BCUT2D eigenvalue weighted by molar-refractivity contribution is 6.33. The molecule has 0 saturated carbocycles. The van der Waals surface area contributed by atoms with Crippen LogP contribution >= 0.6 is 11.6 Å². The molecule has 34 heavy (non-hydrogen) atoms. The molecule has 0 bridgehead atoms. The molecular weight excluding hydrogens is 450 g/mol. The van der Waals surface area contributed by atoms with E-state index in [1.54, 1.807) is 25.3 Å². The number of rotatable bonds is 11. The fourth-order valence-corrected chi connectivity index (χ4v) is 4.11. The van der Waals surface area contributed by atoms with Gasteiger partial charge in [0.15, 0.2) is 11.5 Å². The molecule has 0 saturated heterocycles. The lowest BCUT2D eigenvalue weighted by Gasteiger charge is -2.12. The van der Waals surface area contributed by atoms with Crippen LogP contribution in [0.15, 0.2) is 72.8 Å². The van der Waals surface area contributed by atoms with Gasteiger partial charge in [-0.1, -0.05) is 48.0 Å². The lowest BCUT2D eigenvalue weighted by atomic mass is 10.2. The molecule has 4 aromatic rings. The van der Waals surface area contributed by atoms with E-state index in [0.717, 1.165) is 47.7 Å². The number of para-hydroxylation sites is 4. The summed E-state index contributed by atoms with van der Waals surface area (Å²) >= 11 is 6.14. The number of aromatic nitrogens is 2. The van der Waals surface area contributed by atoms with Crippen LogP contribution < -0.4 is 14.8 Å². The van der Waals surface area contributed by atoms with E-state index in [0.29, 0.717) is 30.2 Å². The van der Waals surface area contributed by atoms with Gasteiger partial charge in [0, 0.05) is 19.5 Å². The number of imidazole rings is 1. The van der Waals surface area contributed by atoms with Gasteiger partial charge in [-0.15, -0.1) is 0 Å². The molecule has 1 aromatic heterocycles. The Morgan fingerprint density at radius 2 is 1.71 bits per heavy atom. The van der Waals surface area contributed by atoms with Crippen LogP contribution in [-0.4, -0.2) is 35.7 Å². The number of nitrogens with one attached hydrogen (secondary N) is 1. The molecule has 0 atom stereocenters. The number of halogens is 1. The molecule has 3 aromatic carbocycles. The molecule has 6 nitrogen and oxygen atoms in total. The number of methoxy groups -OCH3 is 1. The predicted octanol–water partition coefficient (Wildman–Crippen LogP) is 5.53. The first-order chi connectivity index (χ1) is 16.7. The van der Waals surface area contributed by atoms with Gasteiger partial charge in [0.1, 0.15) is 5.82 Å². The number of hydrogen-bond donors (Lipinski definition) is 1. The van der Waals surface area contributed by atoms with Gasteiger partial charge >= 0.3 is 0 Å². The van der Waals surface area contributed by atoms with Crippen molar-refractivity contribution in [1.29, 1.82) is 0 Å². The Morgan fingerprint density at radius 1 is 0.971 bits per heavy atom. The topological polar surface area (TPSA) is 65.4 Å². The number of ether oxygens (including phenoxy) is 2. The van der Waals surface area contributed by atoms with Crippen molar-refractivity contribution in [2.24, 2.45) is 0 Å². The molecule has 1 N–H and O–H groups in total. The molecule has 0 spiro atoms. The van der Waals surface area contributed by atoms with Gasteiger partial charge in [-0.25, -0.2) is 4.98 Å². The van der Waals surface area contributed by atoms with Gasteiger partial charge in [0.05, 0.1) is 35.3 Å². The molecule has 176 valence electrons. The molecule has 0 aliphatic rings. The van der Waals surface area contributed by atoms with E-state index >= 15 is 0 Å². The van der Waals surface area contributed by atoms with Crippen molar-refractivity contribution in [3.63, 3.8) is 0 Å². The molecule has 0 aliphatic carbocycles. The van der Waals surface area contributed by atoms with Gasteiger partial charge in [-0.3, -0.25) is 4.79 Å². The number of nitrogens with zero attached hydrogens (tertiary/aromatic N) is 2. The molecule has 0 radical (unpaired) electrons. The maximum Gasteiger partial charge on any atom is 0.252 e. The van der Waals surface area contributed by atoms with Crippen LogP contribution in [0.5, 0.6) is 11.5 Å². The molecule has 1 amide bonds. The maximum absolute atomic E-state index is 12.5. The van der Waals surface area contributed by atoms with Crippen molar-refractivity contribution in [3.8, 4) is 11.5 Å². The van der Waals surface area contributed by atoms with Crippen molar-refractivity contribution in [3.05, 3.63) is 89.2 Å². The number of benzene rings is 3. The summed E-state index contributed by atoms with van der Waals surface area (Å²) in [5.74, 6) is 2.27. The average Bonchev–Trinajstić information content (AvgIpc) is 3.21. The van der Waals surface area contributed by atoms with E-state index in [9.17, 15) is 4.79 Å². The maximum atomic E-state index is 12.5. The molecule has 0 unspecified atom stereocenters. The van der Waals surface area contributed by atoms with Gasteiger partial charge in [0.2, 0.25) is 0 Å². The summed E-state index contributed by atoms with van der Waals surface area (Å²) in [7, 11) is 1.64. The molecule has 0 aliphatic heterocycles. The number of carbonyl (C=O) groups excluding carboxylic acids is 1. The standard InChI is InChI=1S/C27H28ClN3O3/c1-33-24-14-6-7-15-25(24)34-19-9-8-18-31-23-13-5-4-12-22(23)30-26(31)16-17-29-27(32)20-10-2-3-11-21(20)28/h2-7,10-15H,8-9,16-19H2,1H3,(H,29,32). The predicted molar refractivity (Wildman–Crippen MR) is 135 cm³/mol. The third-order valence-corrected chi connectivity index (χ3v) is 5.92. The smallest absolute Gasteiger partial charge is 0.252 e. The minimum absolute atomic E-state index is 0.179. The lowest BCUT2D eigenvalue weighted by Crippen LogP contribution is -2.26. The zero-order valence-corrected chi connectivity index (χ0v) is 19.9. The quantitative estimate of drug-likeness (QED) is 0.288. The summed E-state index contributed by atoms with van der Waals surface area (Å²) in [6.07, 6.45) is 2.46. The summed E-state index contributed by atoms with van der Waals surface area (Å²) in [4.78, 5) is 17.3. The number of amides is 1. The van der Waals surface area contributed by atoms with Gasteiger partial charge < -0.3 is 19.4 Å². The van der Waals surface area contributed by atoms with E-state index < -0.39 is 0 Å². The van der Waals surface area contributed by atoms with E-state index in [2.05, 4.69) is 16.0 Å². The van der Waals surface area contributed by atoms with Crippen molar-refractivity contribution >= 4 is 28.5 Å². The molecule has 4 rings (SSSR count). The lowest BCUT2D eigenvalue weighted by molar-refractivity contribution is 0.0954. The van der Waals surface area contributed by atoms with Crippen LogP contribution in [0.2, 0.25) is 5.02 Å². The Balaban J connectivity index is 1.34. The minimum Gasteiger partial charge on any atom is -0.493 e. The third-order valence-electron chi connectivity index (χ3n) is 5.59. The van der Waals surface area contributed by atoms with Crippen LogP contribution in [0, 0.1) is 0 Å². The van der Waals surface area contributed by atoms with E-state index in [4.69, 9.17) is 26.1 Å². The van der Waals surface area contributed by atoms with Crippen molar-refractivity contribution in [1.82, 2.24) is 14.9 Å². The van der Waals surface area contributed by atoms with Crippen molar-refractivity contribution < 1.29 is 14.3 Å². The van der Waals surface area contributed by atoms with Crippen LogP contribution in [0.25, 0.3) is 11.0 Å². The molecule has 7 heteroatoms. The first-order valence-corrected chi connectivity index (χ1v) is 11.8. The fourth-order valence-electron chi connectivity index (χ4n) is 3.89. The third kappa shape index (κ3) is 5.69. The van der Waals surface area contributed by atoms with Gasteiger partial charge in [-0.05, 0) is 49.2 Å². The number of carbonyl (C=O) groups is 1. The first-order valence-electron chi connectivity index (χ1n) is 11.4. The largest absolute Gasteiger partial charge is 0.493 e. The second-order valence-corrected chi connectivity index (χ2v) is 8.27. The first kappa shape index (κ1) is 23.6. The normalized spacial score (nSPS) is 10.9. The van der Waals surface area contributed by atoms with Crippen LogP contribution in [0.1, 0.15) is 29.0 Å². The molecule has 0 fully saturated rings. The second kappa shape index (κ2) is 11.6. The summed E-state index contributed by atoms with van der Waals surface area (Å²) in [6, 6.07) is 22.8. The summed E-state index contributed by atoms with van der Waals surface area (Å²) in [6.45, 7) is 1.91. The van der Waals surface area contributed by atoms with Gasteiger partial charge in [-0.2, -0.15) is 0 Å². The Bertz CT molecular complexity index is 1250. The number of aryl methyl sites for hydroxylation is 1. The Labute approximate surface area is 204 Å². The second-order valence-electron chi connectivity index (χ2n) is 7.86. The van der Waals surface area contributed by atoms with Crippen LogP contribution in [0.3, 0.4) is 0 Å². The highest BCUT2D eigenvalue weighted by Crippen LogP contribution is 2.26. The average molecular weight is 478 g/mol. The monoisotopic (exact) mass is 477 g/mol. The SMILES string of the molecule is COc1ccccc1OCCCCn1c(CCNC(=O)c2ccccc2Cl)nc2ccccc21. The van der Waals surface area contributed by atoms with Gasteiger partial charge in [0.25, 0.3) is 5.91 Å². The summed E-state index contributed by atoms with van der Waals surface area (Å²) in [5, 5.41) is 3.40. The summed E-state index contributed by atoms with van der Waals surface area (Å²) < 4.78 is 13.5. The van der Waals surface area contributed by atoms with Crippen molar-refractivity contribution in [2.45, 2.75) is 25.8 Å². The molecule has 1 heterocycles. The molecular formula is C27H28ClN3O3. The fraction of sp³-hybridized carbons (Fsp3) is 0.259. The van der Waals surface area contributed by atoms with Crippen molar-refractivity contribution in [2.75, 3.05) is 20.3 Å². The van der Waals surface area contributed by atoms with E-state index in [-0.39, 0.29) is 5.91 Å². The zero-order chi connectivity index (χ0) is 23.8. The number of unbranched alkanes of at least 4 members (excludes halogenated alkanes) is 1. The zero-order valence-electron chi connectivity index (χ0n) is 19.2. The summed E-state index contributed by atoms with van der Waals surface area (Å²) in [5.41, 5.74) is 2.54. The number of hydrogen-bond acceptors (Lipinski definition) is 4.